The fraction of sp³-hybridized carbons (Fsp3) is 0.478. The fourth-order valence-corrected chi connectivity index (χ4v) is 4.13. The van der Waals surface area contributed by atoms with Gasteiger partial charge in [0.25, 0.3) is 11.5 Å². The molecule has 1 aromatic heterocycles. The maximum Gasteiger partial charge on any atom is 0.263 e. The van der Waals surface area contributed by atoms with Crippen molar-refractivity contribution in [3.8, 4) is 0 Å². The van der Waals surface area contributed by atoms with Crippen LogP contribution in [0.4, 0.5) is 0 Å². The van der Waals surface area contributed by atoms with Gasteiger partial charge in [-0.1, -0.05) is 24.3 Å². The van der Waals surface area contributed by atoms with Crippen LogP contribution in [-0.2, 0) is 13.0 Å². The Kier molecular flexibility index (Phi) is 6.15. The molecule has 1 aromatic carbocycles. The molecule has 2 heterocycles. The minimum Gasteiger partial charge on any atom is -0.338 e. The van der Waals surface area contributed by atoms with E-state index < -0.39 is 0 Å². The number of pyridine rings is 1. The largest absolute Gasteiger partial charge is 0.338 e. The topological polar surface area (TPSA) is 42.3 Å². The Labute approximate surface area is 161 Å². The number of aromatic nitrogens is 1. The summed E-state index contributed by atoms with van der Waals surface area (Å²) in [5.41, 5.74) is 3.77. The minimum atomic E-state index is -0.162. The minimum absolute atomic E-state index is 0.109. The van der Waals surface area contributed by atoms with E-state index in [0.717, 1.165) is 44.5 Å². The SMILES string of the molecule is CCn1c(C)ccc(C(=O)N2CCC[C@@H](CCc3ccccc3C)C2)c1=O. The average molecular weight is 367 g/mol. The van der Waals surface area contributed by atoms with Gasteiger partial charge in [0.15, 0.2) is 0 Å². The maximum atomic E-state index is 13.0. The van der Waals surface area contributed by atoms with E-state index in [4.69, 9.17) is 0 Å². The number of hydrogen-bond acceptors (Lipinski definition) is 2. The maximum absolute atomic E-state index is 13.0. The summed E-state index contributed by atoms with van der Waals surface area (Å²) < 4.78 is 1.67. The molecule has 1 amide bonds. The molecule has 0 aliphatic carbocycles. The Balaban J connectivity index is 1.68. The summed E-state index contributed by atoms with van der Waals surface area (Å²) in [5.74, 6) is 0.393. The Morgan fingerprint density at radius 1 is 1.15 bits per heavy atom. The monoisotopic (exact) mass is 366 g/mol. The van der Waals surface area contributed by atoms with Gasteiger partial charge in [0.1, 0.15) is 5.56 Å². The van der Waals surface area contributed by atoms with E-state index in [-0.39, 0.29) is 11.5 Å². The number of aryl methyl sites for hydroxylation is 3. The first-order valence-corrected chi connectivity index (χ1v) is 10.1. The number of benzene rings is 1. The second kappa shape index (κ2) is 8.55. The molecular weight excluding hydrogens is 336 g/mol. The highest BCUT2D eigenvalue weighted by Gasteiger charge is 2.26. The predicted molar refractivity (Wildman–Crippen MR) is 109 cm³/mol. The summed E-state index contributed by atoms with van der Waals surface area (Å²) in [7, 11) is 0. The summed E-state index contributed by atoms with van der Waals surface area (Å²) >= 11 is 0. The zero-order valence-electron chi connectivity index (χ0n) is 16.7. The average Bonchev–Trinajstić information content (AvgIpc) is 2.67. The molecule has 2 aromatic rings. The van der Waals surface area contributed by atoms with Crippen molar-refractivity contribution in [1.82, 2.24) is 9.47 Å². The lowest BCUT2D eigenvalue weighted by molar-refractivity contribution is 0.0666. The summed E-state index contributed by atoms with van der Waals surface area (Å²) in [5, 5.41) is 0. The third kappa shape index (κ3) is 4.32. The van der Waals surface area contributed by atoms with Crippen LogP contribution in [-0.4, -0.2) is 28.5 Å². The highest BCUT2D eigenvalue weighted by molar-refractivity contribution is 5.94. The molecule has 1 aliphatic rings. The van der Waals surface area contributed by atoms with Gasteiger partial charge in [-0.3, -0.25) is 9.59 Å². The van der Waals surface area contributed by atoms with Crippen LogP contribution >= 0.6 is 0 Å². The number of nitrogens with zero attached hydrogens (tertiary/aromatic N) is 2. The van der Waals surface area contributed by atoms with Crippen molar-refractivity contribution in [1.29, 1.82) is 0 Å². The molecule has 27 heavy (non-hydrogen) atoms. The van der Waals surface area contributed by atoms with Gasteiger partial charge in [0, 0.05) is 25.3 Å². The molecule has 0 bridgehead atoms. The van der Waals surface area contributed by atoms with Crippen LogP contribution in [0, 0.1) is 19.8 Å². The number of hydrogen-bond donors (Lipinski definition) is 0. The molecular formula is C23H30N2O2. The van der Waals surface area contributed by atoms with Crippen LogP contribution in [0.25, 0.3) is 0 Å². The van der Waals surface area contributed by atoms with E-state index in [2.05, 4.69) is 31.2 Å². The van der Waals surface area contributed by atoms with Crippen LogP contribution in [0.15, 0.2) is 41.2 Å². The van der Waals surface area contributed by atoms with Crippen LogP contribution in [0.5, 0.6) is 0 Å². The molecule has 1 fully saturated rings. The van der Waals surface area contributed by atoms with Crippen molar-refractivity contribution < 1.29 is 4.79 Å². The zero-order valence-corrected chi connectivity index (χ0v) is 16.7. The fourth-order valence-electron chi connectivity index (χ4n) is 4.13. The van der Waals surface area contributed by atoms with Gasteiger partial charge in [0.05, 0.1) is 0 Å². The smallest absolute Gasteiger partial charge is 0.263 e. The summed E-state index contributed by atoms with van der Waals surface area (Å²) in [6.45, 7) is 8.09. The Bertz CT molecular complexity index is 869. The van der Waals surface area contributed by atoms with Gasteiger partial charge in [-0.2, -0.15) is 0 Å². The van der Waals surface area contributed by atoms with Gasteiger partial charge in [-0.05, 0) is 75.6 Å². The number of carbonyl (C=O) groups is 1. The molecule has 144 valence electrons. The van der Waals surface area contributed by atoms with Gasteiger partial charge in [0.2, 0.25) is 0 Å². The molecule has 1 saturated heterocycles. The van der Waals surface area contributed by atoms with Crippen molar-refractivity contribution in [2.24, 2.45) is 5.92 Å². The van der Waals surface area contributed by atoms with Crippen molar-refractivity contribution >= 4 is 5.91 Å². The van der Waals surface area contributed by atoms with E-state index in [1.54, 1.807) is 10.6 Å². The van der Waals surface area contributed by atoms with Gasteiger partial charge in [-0.15, -0.1) is 0 Å². The first kappa shape index (κ1) is 19.4. The lowest BCUT2D eigenvalue weighted by Gasteiger charge is -2.33. The summed E-state index contributed by atoms with van der Waals surface area (Å²) in [6.07, 6.45) is 4.30. The number of likely N-dealkylation sites (tertiary alicyclic amines) is 1. The Hall–Kier alpha value is -2.36. The van der Waals surface area contributed by atoms with E-state index in [0.29, 0.717) is 18.0 Å². The normalized spacial score (nSPS) is 17.1. The van der Waals surface area contributed by atoms with Crippen LogP contribution in [0.1, 0.15) is 53.4 Å². The van der Waals surface area contributed by atoms with Gasteiger partial charge >= 0.3 is 0 Å². The molecule has 0 radical (unpaired) electrons. The van der Waals surface area contributed by atoms with E-state index in [9.17, 15) is 9.59 Å². The van der Waals surface area contributed by atoms with Gasteiger partial charge < -0.3 is 9.47 Å². The van der Waals surface area contributed by atoms with Gasteiger partial charge in [-0.25, -0.2) is 0 Å². The zero-order chi connectivity index (χ0) is 19.4. The second-order valence-corrected chi connectivity index (χ2v) is 7.66. The number of amides is 1. The predicted octanol–water partition coefficient (Wildman–Crippen LogP) is 3.97. The number of piperidine rings is 1. The number of carbonyl (C=O) groups excluding carboxylic acids is 1. The first-order valence-electron chi connectivity index (χ1n) is 10.1. The van der Waals surface area contributed by atoms with Crippen molar-refractivity contribution in [3.63, 3.8) is 0 Å². The van der Waals surface area contributed by atoms with Crippen LogP contribution < -0.4 is 5.56 Å². The van der Waals surface area contributed by atoms with E-state index in [1.807, 2.05) is 24.8 Å². The molecule has 3 rings (SSSR count). The molecule has 4 heteroatoms. The first-order chi connectivity index (χ1) is 13.0. The summed E-state index contributed by atoms with van der Waals surface area (Å²) in [6, 6.07) is 12.1. The Morgan fingerprint density at radius 2 is 1.93 bits per heavy atom. The van der Waals surface area contributed by atoms with Crippen LogP contribution in [0.2, 0.25) is 0 Å². The molecule has 1 aliphatic heterocycles. The number of rotatable bonds is 5. The highest BCUT2D eigenvalue weighted by atomic mass is 16.2. The third-order valence-electron chi connectivity index (χ3n) is 5.83. The lowest BCUT2D eigenvalue weighted by atomic mass is 9.90. The highest BCUT2D eigenvalue weighted by Crippen LogP contribution is 2.23. The van der Waals surface area contributed by atoms with Crippen molar-refractivity contribution in [2.45, 2.75) is 53.0 Å². The Morgan fingerprint density at radius 3 is 2.67 bits per heavy atom. The standard InChI is InChI=1S/C23H30N2O2/c1-4-25-18(3)11-14-21(23(25)27)22(26)24-15-7-9-19(16-24)12-13-20-10-6-5-8-17(20)2/h5-6,8,10-11,14,19H,4,7,9,12-13,15-16H2,1-3H3/t19-/m0/s1. The molecule has 0 saturated carbocycles. The molecule has 1 atom stereocenters. The van der Waals surface area contributed by atoms with E-state index in [1.165, 1.54) is 11.1 Å². The van der Waals surface area contributed by atoms with Crippen molar-refractivity contribution in [3.05, 3.63) is 69.1 Å². The quantitative estimate of drug-likeness (QED) is 0.803. The molecule has 0 N–H and O–H groups in total. The molecule has 0 spiro atoms. The molecule has 0 unspecified atom stereocenters. The van der Waals surface area contributed by atoms with E-state index >= 15 is 0 Å². The molecule has 4 nitrogen and oxygen atoms in total. The van der Waals surface area contributed by atoms with Crippen LogP contribution in [0.3, 0.4) is 0 Å². The van der Waals surface area contributed by atoms with Crippen molar-refractivity contribution in [2.75, 3.05) is 13.1 Å². The third-order valence-corrected chi connectivity index (χ3v) is 5.83. The second-order valence-electron chi connectivity index (χ2n) is 7.66. The lowest BCUT2D eigenvalue weighted by Crippen LogP contribution is -2.42. The summed E-state index contributed by atoms with van der Waals surface area (Å²) in [4.78, 5) is 27.5.